The molecule has 3 aromatic rings. The third-order valence-electron chi connectivity index (χ3n) is 5.62. The molecule has 1 saturated heterocycles. The van der Waals surface area contributed by atoms with Crippen LogP contribution in [-0.4, -0.2) is 41.4 Å². The fourth-order valence-electron chi connectivity index (χ4n) is 4.05. The van der Waals surface area contributed by atoms with Crippen LogP contribution in [0, 0.1) is 12.7 Å². The highest BCUT2D eigenvalue weighted by Crippen LogP contribution is 2.39. The number of aromatic nitrogens is 2. The zero-order chi connectivity index (χ0) is 21.3. The standard InChI is InChI=1S/C23H24FN3O3/c1-15-20(14-25-27(15)17-8-6-16(24)7-9-17)23(28)26-12-4-5-21(26)19-13-18(29-2)10-11-22(19)30-3/h6-11,13-14,21H,4-5,12H2,1-3H3. The molecule has 1 aliphatic rings. The van der Waals surface area contributed by atoms with Crippen LogP contribution >= 0.6 is 0 Å². The molecule has 2 heterocycles. The van der Waals surface area contributed by atoms with Crippen molar-refractivity contribution in [1.82, 2.24) is 14.7 Å². The molecule has 1 aliphatic heterocycles. The van der Waals surface area contributed by atoms with Crippen molar-refractivity contribution in [3.63, 3.8) is 0 Å². The topological polar surface area (TPSA) is 56.6 Å². The van der Waals surface area contributed by atoms with E-state index in [0.29, 0.717) is 17.8 Å². The number of likely N-dealkylation sites (tertiary alicyclic amines) is 1. The molecule has 1 unspecified atom stereocenters. The second kappa shape index (κ2) is 8.18. The Hall–Kier alpha value is -3.35. The molecule has 156 valence electrons. The Labute approximate surface area is 174 Å². The van der Waals surface area contributed by atoms with Crippen LogP contribution in [0.2, 0.25) is 0 Å². The molecule has 1 aromatic heterocycles. The fourth-order valence-corrected chi connectivity index (χ4v) is 4.05. The molecular formula is C23H24FN3O3. The van der Waals surface area contributed by atoms with Crippen molar-refractivity contribution >= 4 is 5.91 Å². The molecule has 4 rings (SSSR count). The monoisotopic (exact) mass is 409 g/mol. The number of carbonyl (C=O) groups is 1. The van der Waals surface area contributed by atoms with E-state index in [0.717, 1.165) is 35.6 Å². The van der Waals surface area contributed by atoms with E-state index < -0.39 is 0 Å². The van der Waals surface area contributed by atoms with Crippen LogP contribution in [-0.2, 0) is 0 Å². The van der Waals surface area contributed by atoms with Gasteiger partial charge >= 0.3 is 0 Å². The molecule has 1 amide bonds. The number of ether oxygens (including phenoxy) is 2. The van der Waals surface area contributed by atoms with Crippen molar-refractivity contribution < 1.29 is 18.7 Å². The molecule has 0 N–H and O–H groups in total. The first kappa shape index (κ1) is 19.9. The molecule has 6 nitrogen and oxygen atoms in total. The quantitative estimate of drug-likeness (QED) is 0.630. The first-order valence-corrected chi connectivity index (χ1v) is 9.87. The zero-order valence-electron chi connectivity index (χ0n) is 17.3. The summed E-state index contributed by atoms with van der Waals surface area (Å²) >= 11 is 0. The summed E-state index contributed by atoms with van der Waals surface area (Å²) in [5.41, 5.74) is 2.90. The van der Waals surface area contributed by atoms with Crippen LogP contribution in [0.3, 0.4) is 0 Å². The molecule has 0 bridgehead atoms. The second-order valence-corrected chi connectivity index (χ2v) is 7.30. The number of hydrogen-bond donors (Lipinski definition) is 0. The van der Waals surface area contributed by atoms with E-state index in [9.17, 15) is 9.18 Å². The summed E-state index contributed by atoms with van der Waals surface area (Å²) in [6, 6.07) is 11.6. The number of benzene rings is 2. The second-order valence-electron chi connectivity index (χ2n) is 7.30. The summed E-state index contributed by atoms with van der Waals surface area (Å²) in [5.74, 6) is 1.07. The van der Waals surface area contributed by atoms with Gasteiger partial charge < -0.3 is 14.4 Å². The Morgan fingerprint density at radius 3 is 2.60 bits per heavy atom. The van der Waals surface area contributed by atoms with Gasteiger partial charge in [-0.3, -0.25) is 4.79 Å². The minimum Gasteiger partial charge on any atom is -0.497 e. The van der Waals surface area contributed by atoms with Gasteiger partial charge in [-0.2, -0.15) is 5.10 Å². The van der Waals surface area contributed by atoms with Gasteiger partial charge in [0.25, 0.3) is 5.91 Å². The third-order valence-corrected chi connectivity index (χ3v) is 5.62. The summed E-state index contributed by atoms with van der Waals surface area (Å²) in [6.07, 6.45) is 3.33. The van der Waals surface area contributed by atoms with Crippen LogP contribution in [0.4, 0.5) is 4.39 Å². The van der Waals surface area contributed by atoms with Gasteiger partial charge in [-0.05, 0) is 62.2 Å². The van der Waals surface area contributed by atoms with Crippen molar-refractivity contribution in [2.24, 2.45) is 0 Å². The summed E-state index contributed by atoms with van der Waals surface area (Å²) in [4.78, 5) is 15.3. The highest BCUT2D eigenvalue weighted by Gasteiger charge is 2.34. The lowest BCUT2D eigenvalue weighted by molar-refractivity contribution is 0.0733. The van der Waals surface area contributed by atoms with E-state index in [-0.39, 0.29) is 17.8 Å². The SMILES string of the molecule is COc1ccc(OC)c(C2CCCN2C(=O)c2cnn(-c3ccc(F)cc3)c2C)c1. The van der Waals surface area contributed by atoms with E-state index in [1.165, 1.54) is 12.1 Å². The smallest absolute Gasteiger partial charge is 0.257 e. The molecule has 0 aliphatic carbocycles. The predicted octanol–water partition coefficient (Wildman–Crippen LogP) is 4.31. The summed E-state index contributed by atoms with van der Waals surface area (Å²) in [7, 11) is 3.25. The van der Waals surface area contributed by atoms with Crippen molar-refractivity contribution in [2.45, 2.75) is 25.8 Å². The van der Waals surface area contributed by atoms with E-state index in [2.05, 4.69) is 5.10 Å². The largest absolute Gasteiger partial charge is 0.497 e. The number of rotatable bonds is 5. The van der Waals surface area contributed by atoms with Gasteiger partial charge in [-0.1, -0.05) is 0 Å². The number of carbonyl (C=O) groups excluding carboxylic acids is 1. The van der Waals surface area contributed by atoms with Gasteiger partial charge in [-0.25, -0.2) is 9.07 Å². The maximum absolute atomic E-state index is 13.4. The van der Waals surface area contributed by atoms with Crippen LogP contribution in [0.15, 0.2) is 48.7 Å². The van der Waals surface area contributed by atoms with Gasteiger partial charge in [0.1, 0.15) is 17.3 Å². The Kier molecular flexibility index (Phi) is 5.44. The van der Waals surface area contributed by atoms with Gasteiger partial charge in [0.2, 0.25) is 0 Å². The van der Waals surface area contributed by atoms with Crippen LogP contribution in [0.25, 0.3) is 5.69 Å². The molecule has 0 saturated carbocycles. The highest BCUT2D eigenvalue weighted by molar-refractivity contribution is 5.95. The first-order chi connectivity index (χ1) is 14.5. The van der Waals surface area contributed by atoms with Gasteiger partial charge in [-0.15, -0.1) is 0 Å². The van der Waals surface area contributed by atoms with Crippen molar-refractivity contribution in [2.75, 3.05) is 20.8 Å². The average molecular weight is 409 g/mol. The van der Waals surface area contributed by atoms with Gasteiger partial charge in [0, 0.05) is 12.1 Å². The van der Waals surface area contributed by atoms with Crippen molar-refractivity contribution in [1.29, 1.82) is 0 Å². The number of nitrogens with zero attached hydrogens (tertiary/aromatic N) is 3. The lowest BCUT2D eigenvalue weighted by atomic mass is 10.0. The predicted molar refractivity (Wildman–Crippen MR) is 111 cm³/mol. The summed E-state index contributed by atoms with van der Waals surface area (Å²) in [6.45, 7) is 2.51. The Morgan fingerprint density at radius 2 is 1.90 bits per heavy atom. The molecule has 0 spiro atoms. The van der Waals surface area contributed by atoms with Gasteiger partial charge in [0.05, 0.1) is 43.4 Å². The maximum Gasteiger partial charge on any atom is 0.257 e. The molecule has 30 heavy (non-hydrogen) atoms. The van der Waals surface area contributed by atoms with Crippen molar-refractivity contribution in [3.05, 3.63) is 71.3 Å². The van der Waals surface area contributed by atoms with E-state index in [1.54, 1.807) is 37.2 Å². The Morgan fingerprint density at radius 1 is 1.13 bits per heavy atom. The third kappa shape index (κ3) is 3.51. The summed E-state index contributed by atoms with van der Waals surface area (Å²) in [5, 5.41) is 4.37. The highest BCUT2D eigenvalue weighted by atomic mass is 19.1. The minimum atomic E-state index is -0.313. The minimum absolute atomic E-state index is 0.0757. The number of halogens is 1. The lowest BCUT2D eigenvalue weighted by Gasteiger charge is -2.26. The molecular weight excluding hydrogens is 385 g/mol. The number of hydrogen-bond acceptors (Lipinski definition) is 4. The summed E-state index contributed by atoms with van der Waals surface area (Å²) < 4.78 is 25.8. The molecule has 0 radical (unpaired) electrons. The molecule has 1 atom stereocenters. The van der Waals surface area contributed by atoms with Gasteiger partial charge in [0.15, 0.2) is 0 Å². The van der Waals surface area contributed by atoms with E-state index in [1.807, 2.05) is 30.0 Å². The Balaban J connectivity index is 1.66. The average Bonchev–Trinajstić information content (AvgIpc) is 3.40. The molecule has 2 aromatic carbocycles. The normalized spacial score (nSPS) is 16.0. The molecule has 1 fully saturated rings. The van der Waals surface area contributed by atoms with E-state index in [4.69, 9.17) is 9.47 Å². The maximum atomic E-state index is 13.4. The fraction of sp³-hybridized carbons (Fsp3) is 0.304. The van der Waals surface area contributed by atoms with Crippen LogP contribution in [0.5, 0.6) is 11.5 Å². The van der Waals surface area contributed by atoms with E-state index >= 15 is 0 Å². The first-order valence-electron chi connectivity index (χ1n) is 9.87. The lowest BCUT2D eigenvalue weighted by Crippen LogP contribution is -2.31. The zero-order valence-corrected chi connectivity index (χ0v) is 17.3. The van der Waals surface area contributed by atoms with Crippen LogP contribution < -0.4 is 9.47 Å². The van der Waals surface area contributed by atoms with Crippen LogP contribution in [0.1, 0.15) is 40.5 Å². The Bertz CT molecular complexity index is 1060. The molecule has 7 heteroatoms. The number of methoxy groups -OCH3 is 2. The van der Waals surface area contributed by atoms with Crippen molar-refractivity contribution in [3.8, 4) is 17.2 Å². The number of amides is 1.